The van der Waals surface area contributed by atoms with Gasteiger partial charge >= 0.3 is 39.5 Å². The molecule has 0 rings (SSSR count). The van der Waals surface area contributed by atoms with Crippen molar-refractivity contribution in [2.45, 2.75) is 427 Å². The van der Waals surface area contributed by atoms with Crippen LogP contribution in [0.2, 0.25) is 0 Å². The van der Waals surface area contributed by atoms with Crippen LogP contribution in [-0.4, -0.2) is 96.7 Å². The molecular weight excluding hydrogens is 1290 g/mol. The highest BCUT2D eigenvalue weighted by molar-refractivity contribution is 7.47. The van der Waals surface area contributed by atoms with E-state index >= 15 is 0 Å². The summed E-state index contributed by atoms with van der Waals surface area (Å²) in [5, 5.41) is 10.6. The van der Waals surface area contributed by atoms with Gasteiger partial charge in [-0.1, -0.05) is 357 Å². The number of carbonyl (C=O) groups is 4. The van der Waals surface area contributed by atoms with Crippen molar-refractivity contribution >= 4 is 39.5 Å². The summed E-state index contributed by atoms with van der Waals surface area (Å²) in [5.74, 6) is 0.978. The van der Waals surface area contributed by atoms with Crippen LogP contribution in [0.3, 0.4) is 0 Å². The summed E-state index contributed by atoms with van der Waals surface area (Å²) < 4.78 is 68.7. The Labute approximate surface area is 607 Å². The number of ether oxygens (including phenoxy) is 4. The van der Waals surface area contributed by atoms with Crippen molar-refractivity contribution in [3.05, 3.63) is 0 Å². The fourth-order valence-electron chi connectivity index (χ4n) is 12.2. The number of esters is 4. The highest BCUT2D eigenvalue weighted by Crippen LogP contribution is 2.45. The van der Waals surface area contributed by atoms with E-state index < -0.39 is 97.5 Å². The molecule has 0 fully saturated rings. The van der Waals surface area contributed by atoms with Crippen LogP contribution in [0.25, 0.3) is 0 Å². The minimum absolute atomic E-state index is 0.107. The van der Waals surface area contributed by atoms with E-state index in [1.165, 1.54) is 205 Å². The average molecular weight is 1450 g/mol. The van der Waals surface area contributed by atoms with Crippen molar-refractivity contribution in [1.29, 1.82) is 0 Å². The zero-order valence-corrected chi connectivity index (χ0v) is 66.9. The molecule has 17 nitrogen and oxygen atoms in total. The van der Waals surface area contributed by atoms with Gasteiger partial charge in [-0.15, -0.1) is 0 Å². The van der Waals surface area contributed by atoms with Crippen LogP contribution in [0.1, 0.15) is 409 Å². The van der Waals surface area contributed by atoms with Crippen molar-refractivity contribution in [2.75, 3.05) is 39.6 Å². The van der Waals surface area contributed by atoms with Crippen LogP contribution < -0.4 is 0 Å². The largest absolute Gasteiger partial charge is 0.472 e. The number of phosphoric ester groups is 2. The Kier molecular flexibility index (Phi) is 67.8. The molecular formula is C80H156O17P2. The average Bonchev–Trinajstić information content (AvgIpc) is 1.05. The van der Waals surface area contributed by atoms with Crippen molar-refractivity contribution in [3.63, 3.8) is 0 Å². The monoisotopic (exact) mass is 1450 g/mol. The van der Waals surface area contributed by atoms with Crippen LogP contribution in [0.4, 0.5) is 0 Å². The minimum atomic E-state index is -4.96. The molecule has 0 aliphatic heterocycles. The van der Waals surface area contributed by atoms with Gasteiger partial charge in [0.15, 0.2) is 12.2 Å². The fraction of sp³-hybridized carbons (Fsp3) is 0.950. The maximum atomic E-state index is 13.1. The van der Waals surface area contributed by atoms with Gasteiger partial charge < -0.3 is 33.8 Å². The van der Waals surface area contributed by atoms with E-state index in [0.717, 1.165) is 114 Å². The van der Waals surface area contributed by atoms with E-state index in [2.05, 4.69) is 55.4 Å². The van der Waals surface area contributed by atoms with E-state index in [4.69, 9.17) is 37.0 Å². The lowest BCUT2D eigenvalue weighted by Gasteiger charge is -2.21. The molecule has 0 amide bonds. The summed E-state index contributed by atoms with van der Waals surface area (Å²) in [6, 6.07) is 0. The number of rotatable bonds is 77. The number of phosphoric acid groups is 2. The molecule has 0 heterocycles. The third kappa shape index (κ3) is 72.8. The topological polar surface area (TPSA) is 237 Å². The summed E-state index contributed by atoms with van der Waals surface area (Å²) in [7, 11) is -9.92. The number of unbranched alkanes of at least 4 members (excludes halogenated alkanes) is 42. The van der Waals surface area contributed by atoms with Crippen LogP contribution in [-0.2, 0) is 65.4 Å². The van der Waals surface area contributed by atoms with Crippen molar-refractivity contribution in [1.82, 2.24) is 0 Å². The molecule has 0 bridgehead atoms. The molecule has 0 aromatic rings. The predicted octanol–water partition coefficient (Wildman–Crippen LogP) is 23.6. The maximum Gasteiger partial charge on any atom is 0.472 e. The summed E-state index contributed by atoms with van der Waals surface area (Å²) in [4.78, 5) is 73.0. The van der Waals surface area contributed by atoms with E-state index in [1.54, 1.807) is 0 Å². The number of aliphatic hydroxyl groups is 1. The Bertz CT molecular complexity index is 1940. The van der Waals surface area contributed by atoms with E-state index in [0.29, 0.717) is 31.6 Å². The predicted molar refractivity (Wildman–Crippen MR) is 404 cm³/mol. The van der Waals surface area contributed by atoms with Crippen LogP contribution in [0.15, 0.2) is 0 Å². The van der Waals surface area contributed by atoms with Crippen LogP contribution >= 0.6 is 15.6 Å². The number of hydrogen-bond donors (Lipinski definition) is 3. The molecule has 0 spiro atoms. The second-order valence-corrected chi connectivity index (χ2v) is 33.4. The molecule has 0 saturated carbocycles. The molecule has 0 aromatic heterocycles. The second kappa shape index (κ2) is 69.1. The third-order valence-corrected chi connectivity index (χ3v) is 20.8. The molecule has 0 aromatic carbocycles. The molecule has 0 saturated heterocycles. The Morgan fingerprint density at radius 1 is 0.283 bits per heavy atom. The molecule has 6 atom stereocenters. The highest BCUT2D eigenvalue weighted by Gasteiger charge is 2.30. The first-order chi connectivity index (χ1) is 47.6. The summed E-state index contributed by atoms with van der Waals surface area (Å²) in [5.41, 5.74) is 0. The van der Waals surface area contributed by atoms with Crippen LogP contribution in [0, 0.1) is 23.7 Å². The van der Waals surface area contributed by atoms with Gasteiger partial charge in [0.1, 0.15) is 19.3 Å². The number of hydrogen-bond acceptors (Lipinski definition) is 15. The van der Waals surface area contributed by atoms with Crippen molar-refractivity contribution in [2.24, 2.45) is 23.7 Å². The maximum absolute atomic E-state index is 13.1. The molecule has 0 radical (unpaired) electrons. The van der Waals surface area contributed by atoms with Crippen LogP contribution in [0.5, 0.6) is 0 Å². The van der Waals surface area contributed by atoms with Gasteiger partial charge in [0.05, 0.1) is 26.4 Å². The zero-order chi connectivity index (χ0) is 73.1. The molecule has 588 valence electrons. The normalized spacial score (nSPS) is 14.3. The van der Waals surface area contributed by atoms with Crippen molar-refractivity contribution in [3.8, 4) is 0 Å². The molecule has 99 heavy (non-hydrogen) atoms. The Balaban J connectivity index is 5.22. The lowest BCUT2D eigenvalue weighted by Crippen LogP contribution is -2.30. The molecule has 19 heteroatoms. The first-order valence-electron chi connectivity index (χ1n) is 41.2. The van der Waals surface area contributed by atoms with Crippen molar-refractivity contribution < 1.29 is 80.2 Å². The number of aliphatic hydroxyl groups excluding tert-OH is 1. The second-order valence-electron chi connectivity index (χ2n) is 30.5. The molecule has 3 N–H and O–H groups in total. The lowest BCUT2D eigenvalue weighted by atomic mass is 9.99. The Morgan fingerprint density at radius 3 is 0.717 bits per heavy atom. The zero-order valence-electron chi connectivity index (χ0n) is 65.1. The van der Waals surface area contributed by atoms with Gasteiger partial charge in [-0.25, -0.2) is 9.13 Å². The molecule has 4 unspecified atom stereocenters. The minimum Gasteiger partial charge on any atom is -0.462 e. The standard InChI is InChI=1S/C80H156O17P2/c1-9-73(8)59-51-43-35-29-30-36-44-52-60-77(82)90-66-75(96-79(84)62-54-46-37-27-23-19-15-11-10-13-17-21-25-32-40-48-56-70(2)3)68-94-98(86,87)92-64-74(81)65-93-99(88,89)95-69-76(67-91-78(83)61-53-45-39-31-34-42-50-58-72(6)7)97-80(85)63-55-47-38-28-24-20-16-12-14-18-22-26-33-41-49-57-71(4)5/h70-76,81H,9-69H2,1-8H3,(H,86,87)(H,88,89)/t73?,74?,75-,76-/m1/s1. The van der Waals surface area contributed by atoms with Gasteiger partial charge in [-0.2, -0.15) is 0 Å². The smallest absolute Gasteiger partial charge is 0.462 e. The summed E-state index contributed by atoms with van der Waals surface area (Å²) in [6.07, 6.45) is 55.6. The lowest BCUT2D eigenvalue weighted by molar-refractivity contribution is -0.161. The summed E-state index contributed by atoms with van der Waals surface area (Å²) in [6.45, 7) is 14.2. The quantitative estimate of drug-likeness (QED) is 0.0222. The van der Waals surface area contributed by atoms with Gasteiger partial charge in [-0.05, 0) is 49.4 Å². The van der Waals surface area contributed by atoms with Gasteiger partial charge in [0.2, 0.25) is 0 Å². The fourth-order valence-corrected chi connectivity index (χ4v) is 13.8. The highest BCUT2D eigenvalue weighted by atomic mass is 31.2. The molecule has 0 aliphatic rings. The van der Waals surface area contributed by atoms with Gasteiger partial charge in [0, 0.05) is 25.7 Å². The number of carbonyl (C=O) groups excluding carboxylic acids is 4. The van der Waals surface area contributed by atoms with Gasteiger partial charge in [-0.3, -0.25) is 37.3 Å². The first-order valence-corrected chi connectivity index (χ1v) is 44.2. The third-order valence-electron chi connectivity index (χ3n) is 18.9. The summed E-state index contributed by atoms with van der Waals surface area (Å²) >= 11 is 0. The molecule has 0 aliphatic carbocycles. The Morgan fingerprint density at radius 2 is 0.485 bits per heavy atom. The van der Waals surface area contributed by atoms with Gasteiger partial charge in [0.25, 0.3) is 0 Å². The van der Waals surface area contributed by atoms with E-state index in [1.807, 2.05) is 0 Å². The van der Waals surface area contributed by atoms with E-state index in [-0.39, 0.29) is 25.7 Å². The SMILES string of the molecule is CCC(C)CCCCCCCCCCC(=O)OC[C@H](COP(=O)(O)OCC(O)COP(=O)(O)OC[C@@H](COC(=O)CCCCCCCCCC(C)C)OC(=O)CCCCCCCCCCCCCCCCCC(C)C)OC(=O)CCCCCCCCCCCCCCCCCCC(C)C. The first kappa shape index (κ1) is 97.1. The Hall–Kier alpha value is -1.94. The van der Waals surface area contributed by atoms with E-state index in [9.17, 15) is 43.2 Å².